The molecule has 2 heterocycles. The van der Waals surface area contributed by atoms with Crippen molar-refractivity contribution in [1.29, 1.82) is 0 Å². The minimum Gasteiger partial charge on any atom is -0.466 e. The van der Waals surface area contributed by atoms with Crippen LogP contribution in [0.1, 0.15) is 37.0 Å². The summed E-state index contributed by atoms with van der Waals surface area (Å²) >= 11 is 1.49. The van der Waals surface area contributed by atoms with Crippen LogP contribution in [0.3, 0.4) is 0 Å². The fourth-order valence-electron chi connectivity index (χ4n) is 3.14. The Morgan fingerprint density at radius 2 is 2.20 bits per heavy atom. The summed E-state index contributed by atoms with van der Waals surface area (Å²) in [5.41, 5.74) is 1.21. The van der Waals surface area contributed by atoms with Gasteiger partial charge in [-0.2, -0.15) is 0 Å². The molecular formula is C18H22N2O4S. The quantitative estimate of drug-likeness (QED) is 0.836. The molecule has 2 atom stereocenters. The Kier molecular flexibility index (Phi) is 5.32. The maximum absolute atomic E-state index is 12.8. The predicted octanol–water partition coefficient (Wildman–Crippen LogP) is 2.53. The third kappa shape index (κ3) is 3.81. The van der Waals surface area contributed by atoms with E-state index in [4.69, 9.17) is 4.74 Å². The Balaban J connectivity index is 1.74. The van der Waals surface area contributed by atoms with E-state index in [2.05, 4.69) is 5.32 Å². The molecule has 2 amide bonds. The summed E-state index contributed by atoms with van der Waals surface area (Å²) in [6.07, 6.45) is 1.53. The Hall–Kier alpha value is -2.02. The van der Waals surface area contributed by atoms with Crippen molar-refractivity contribution >= 4 is 35.2 Å². The van der Waals surface area contributed by atoms with Crippen molar-refractivity contribution in [3.05, 3.63) is 23.8 Å². The number of anilines is 1. The van der Waals surface area contributed by atoms with Crippen LogP contribution >= 0.6 is 11.8 Å². The number of likely N-dealkylation sites (tertiary alicyclic amines) is 1. The molecule has 1 saturated heterocycles. The van der Waals surface area contributed by atoms with Crippen LogP contribution in [0.5, 0.6) is 0 Å². The lowest BCUT2D eigenvalue weighted by atomic mass is 9.97. The number of piperidine rings is 1. The van der Waals surface area contributed by atoms with Gasteiger partial charge in [-0.25, -0.2) is 0 Å². The molecule has 2 unspecified atom stereocenters. The number of rotatable bonds is 3. The van der Waals surface area contributed by atoms with Gasteiger partial charge in [0, 0.05) is 23.5 Å². The highest BCUT2D eigenvalue weighted by Gasteiger charge is 2.30. The number of nitrogens with one attached hydrogen (secondary N) is 1. The van der Waals surface area contributed by atoms with Gasteiger partial charge < -0.3 is 15.0 Å². The number of carbonyl (C=O) groups excluding carboxylic acids is 3. The molecule has 25 heavy (non-hydrogen) atoms. The van der Waals surface area contributed by atoms with Crippen LogP contribution in [0.25, 0.3) is 0 Å². The summed E-state index contributed by atoms with van der Waals surface area (Å²) in [5, 5.41) is 2.71. The smallest absolute Gasteiger partial charge is 0.310 e. The van der Waals surface area contributed by atoms with E-state index in [1.165, 1.54) is 11.8 Å². The summed E-state index contributed by atoms with van der Waals surface area (Å²) in [6.45, 7) is 5.00. The molecule has 0 spiro atoms. The third-order valence-corrected chi connectivity index (χ3v) is 5.66. The van der Waals surface area contributed by atoms with Crippen LogP contribution < -0.4 is 5.32 Å². The van der Waals surface area contributed by atoms with E-state index < -0.39 is 0 Å². The van der Waals surface area contributed by atoms with Crippen molar-refractivity contribution < 1.29 is 19.1 Å². The van der Waals surface area contributed by atoms with Gasteiger partial charge in [-0.1, -0.05) is 0 Å². The number of hydrogen-bond donors (Lipinski definition) is 1. The second kappa shape index (κ2) is 7.47. The van der Waals surface area contributed by atoms with Crippen LogP contribution in [0.4, 0.5) is 5.69 Å². The summed E-state index contributed by atoms with van der Waals surface area (Å²) in [4.78, 5) is 39.3. The van der Waals surface area contributed by atoms with Crippen molar-refractivity contribution in [2.45, 2.75) is 36.8 Å². The summed E-state index contributed by atoms with van der Waals surface area (Å²) in [5.74, 6) is -0.661. The molecule has 0 aliphatic carbocycles. The zero-order chi connectivity index (χ0) is 18.0. The second-order valence-corrected chi connectivity index (χ2v) is 7.69. The molecule has 1 aromatic carbocycles. The van der Waals surface area contributed by atoms with E-state index in [1.54, 1.807) is 24.0 Å². The molecule has 0 aromatic heterocycles. The van der Waals surface area contributed by atoms with E-state index in [0.717, 1.165) is 17.7 Å². The summed E-state index contributed by atoms with van der Waals surface area (Å²) in [7, 11) is 0. The van der Waals surface area contributed by atoms with Crippen molar-refractivity contribution in [2.75, 3.05) is 25.0 Å². The van der Waals surface area contributed by atoms with Crippen LogP contribution in [0, 0.1) is 5.92 Å². The number of carbonyl (C=O) groups is 3. The predicted molar refractivity (Wildman–Crippen MR) is 95.7 cm³/mol. The lowest BCUT2D eigenvalue weighted by Crippen LogP contribution is -2.42. The lowest BCUT2D eigenvalue weighted by molar-refractivity contribution is -0.149. The van der Waals surface area contributed by atoms with Gasteiger partial charge >= 0.3 is 5.97 Å². The SMILES string of the molecule is CCOC(=O)C1CCCN(C(=O)c2ccc3c(c2)NC(=O)C(C)S3)C1. The first-order chi connectivity index (χ1) is 12.0. The zero-order valence-corrected chi connectivity index (χ0v) is 15.2. The first-order valence-corrected chi connectivity index (χ1v) is 9.45. The maximum atomic E-state index is 12.8. The van der Waals surface area contributed by atoms with E-state index >= 15 is 0 Å². The van der Waals surface area contributed by atoms with Crippen molar-refractivity contribution in [3.8, 4) is 0 Å². The molecule has 0 bridgehead atoms. The Labute approximate surface area is 151 Å². The number of thioether (sulfide) groups is 1. The van der Waals surface area contributed by atoms with Gasteiger partial charge in [-0.3, -0.25) is 14.4 Å². The van der Waals surface area contributed by atoms with Gasteiger partial charge in [0.05, 0.1) is 23.5 Å². The number of amides is 2. The lowest BCUT2D eigenvalue weighted by Gasteiger charge is -2.32. The number of nitrogens with zero attached hydrogens (tertiary/aromatic N) is 1. The molecule has 1 N–H and O–H groups in total. The summed E-state index contributed by atoms with van der Waals surface area (Å²) in [6, 6.07) is 5.38. The fourth-order valence-corrected chi connectivity index (χ4v) is 4.07. The molecule has 134 valence electrons. The zero-order valence-electron chi connectivity index (χ0n) is 14.4. The number of fused-ring (bicyclic) bond motifs is 1. The standard InChI is InChI=1S/C18H22N2O4S/c1-3-24-18(23)13-5-4-8-20(10-13)17(22)12-6-7-15-14(9-12)19-16(21)11(2)25-15/h6-7,9,11,13H,3-5,8,10H2,1-2H3,(H,19,21). The van der Waals surface area contributed by atoms with Crippen molar-refractivity contribution in [3.63, 3.8) is 0 Å². The number of benzene rings is 1. The molecule has 0 radical (unpaired) electrons. The highest BCUT2D eigenvalue weighted by molar-refractivity contribution is 8.00. The Bertz CT molecular complexity index is 706. The first-order valence-electron chi connectivity index (χ1n) is 8.57. The monoisotopic (exact) mass is 362 g/mol. The van der Waals surface area contributed by atoms with E-state index in [-0.39, 0.29) is 29.0 Å². The molecule has 0 saturated carbocycles. The molecule has 1 aromatic rings. The minimum absolute atomic E-state index is 0.0533. The van der Waals surface area contributed by atoms with Gasteiger partial charge in [0.2, 0.25) is 5.91 Å². The highest BCUT2D eigenvalue weighted by Crippen LogP contribution is 2.36. The minimum atomic E-state index is -0.258. The molecule has 7 heteroatoms. The largest absolute Gasteiger partial charge is 0.466 e. The van der Waals surface area contributed by atoms with Crippen LogP contribution in [-0.4, -0.2) is 47.6 Å². The van der Waals surface area contributed by atoms with Gasteiger partial charge in [0.15, 0.2) is 0 Å². The number of hydrogen-bond acceptors (Lipinski definition) is 5. The second-order valence-electron chi connectivity index (χ2n) is 6.30. The maximum Gasteiger partial charge on any atom is 0.310 e. The number of ether oxygens (including phenoxy) is 1. The Morgan fingerprint density at radius 1 is 1.40 bits per heavy atom. The first kappa shape index (κ1) is 17.8. The van der Waals surface area contributed by atoms with E-state index in [0.29, 0.717) is 30.9 Å². The summed E-state index contributed by atoms with van der Waals surface area (Å²) < 4.78 is 5.08. The number of esters is 1. The molecule has 1 fully saturated rings. The van der Waals surface area contributed by atoms with Crippen LogP contribution in [0.2, 0.25) is 0 Å². The van der Waals surface area contributed by atoms with E-state index in [1.807, 2.05) is 13.0 Å². The molecule has 3 rings (SSSR count). The van der Waals surface area contributed by atoms with Gasteiger partial charge in [-0.15, -0.1) is 11.8 Å². The average Bonchev–Trinajstić information content (AvgIpc) is 2.62. The molecule has 2 aliphatic heterocycles. The van der Waals surface area contributed by atoms with E-state index in [9.17, 15) is 14.4 Å². The fraction of sp³-hybridized carbons (Fsp3) is 0.500. The molecule has 2 aliphatic rings. The molecular weight excluding hydrogens is 340 g/mol. The topological polar surface area (TPSA) is 75.7 Å². The Morgan fingerprint density at radius 3 is 2.96 bits per heavy atom. The van der Waals surface area contributed by atoms with Crippen LogP contribution in [0.15, 0.2) is 23.1 Å². The third-order valence-electron chi connectivity index (χ3n) is 4.49. The van der Waals surface area contributed by atoms with Crippen LogP contribution in [-0.2, 0) is 14.3 Å². The van der Waals surface area contributed by atoms with Crippen molar-refractivity contribution in [1.82, 2.24) is 4.90 Å². The molecule has 6 nitrogen and oxygen atoms in total. The van der Waals surface area contributed by atoms with Gasteiger partial charge in [-0.05, 0) is 44.9 Å². The average molecular weight is 362 g/mol. The highest BCUT2D eigenvalue weighted by atomic mass is 32.2. The van der Waals surface area contributed by atoms with Gasteiger partial charge in [0.1, 0.15) is 0 Å². The van der Waals surface area contributed by atoms with Gasteiger partial charge in [0.25, 0.3) is 5.91 Å². The normalized spacial score (nSPS) is 22.8. The van der Waals surface area contributed by atoms with Crippen molar-refractivity contribution in [2.24, 2.45) is 5.92 Å².